The van der Waals surface area contributed by atoms with Gasteiger partial charge in [0.1, 0.15) is 0 Å². The second-order valence-electron chi connectivity index (χ2n) is 9.98. The van der Waals surface area contributed by atoms with E-state index in [1.165, 1.54) is 22.4 Å². The first-order chi connectivity index (χ1) is 19.0. The van der Waals surface area contributed by atoms with Crippen molar-refractivity contribution in [3.8, 4) is 11.3 Å². The average Bonchev–Trinajstić information content (AvgIpc) is 3.63. The SMILES string of the molecule is COC(=O)c1nc(-c2cn(S(=O)(=O)c3ccccc3)c3ncc([C@H]4CC[C@@H](N5CCOCC5)CC4)cc23)cs1. The van der Waals surface area contributed by atoms with Gasteiger partial charge in [0.15, 0.2) is 5.65 Å². The summed E-state index contributed by atoms with van der Waals surface area (Å²) in [5.74, 6) is -0.176. The van der Waals surface area contributed by atoms with Crippen LogP contribution in [0.2, 0.25) is 0 Å². The number of nitrogens with zero attached hydrogens (tertiary/aromatic N) is 4. The topological polar surface area (TPSA) is 104 Å². The van der Waals surface area contributed by atoms with Crippen LogP contribution < -0.4 is 0 Å². The summed E-state index contributed by atoms with van der Waals surface area (Å²) in [6.45, 7) is 3.61. The Balaban J connectivity index is 1.38. The van der Waals surface area contributed by atoms with E-state index in [0.717, 1.165) is 57.6 Å². The molecule has 0 spiro atoms. The van der Waals surface area contributed by atoms with Crippen LogP contribution in [0.4, 0.5) is 0 Å². The van der Waals surface area contributed by atoms with Crippen molar-refractivity contribution in [2.75, 3.05) is 33.4 Å². The van der Waals surface area contributed by atoms with Crippen LogP contribution in [-0.4, -0.2) is 72.7 Å². The van der Waals surface area contributed by atoms with Crippen LogP contribution in [0.25, 0.3) is 22.3 Å². The van der Waals surface area contributed by atoms with E-state index >= 15 is 0 Å². The van der Waals surface area contributed by atoms with Crippen molar-refractivity contribution >= 4 is 38.4 Å². The standard InChI is InChI=1S/C28H30N4O5S2/c1-36-28(33)27-30-25(18-38-27)24-17-32(39(34,35)22-5-3-2-4-6-22)26-23(24)15-20(16-29-26)19-7-9-21(10-8-19)31-11-13-37-14-12-31/h2-6,15-19,21H,7-14H2,1H3/t19-,21+. The van der Waals surface area contributed by atoms with Crippen LogP contribution in [0.3, 0.4) is 0 Å². The van der Waals surface area contributed by atoms with E-state index in [0.29, 0.717) is 34.3 Å². The fourth-order valence-corrected chi connectivity index (χ4v) is 7.79. The number of morpholine rings is 1. The minimum atomic E-state index is -3.90. The summed E-state index contributed by atoms with van der Waals surface area (Å²) >= 11 is 1.17. The molecule has 0 amide bonds. The molecule has 4 aromatic rings. The summed E-state index contributed by atoms with van der Waals surface area (Å²) in [7, 11) is -2.59. The van der Waals surface area contributed by atoms with E-state index in [9.17, 15) is 13.2 Å². The molecule has 0 N–H and O–H groups in total. The molecule has 1 saturated carbocycles. The van der Waals surface area contributed by atoms with Gasteiger partial charge in [-0.15, -0.1) is 11.3 Å². The Labute approximate surface area is 231 Å². The van der Waals surface area contributed by atoms with Crippen LogP contribution >= 0.6 is 11.3 Å². The number of pyridine rings is 1. The van der Waals surface area contributed by atoms with Crippen LogP contribution in [0, 0.1) is 0 Å². The lowest BCUT2D eigenvalue weighted by Gasteiger charge is -2.38. The van der Waals surface area contributed by atoms with Gasteiger partial charge < -0.3 is 9.47 Å². The molecule has 0 atom stereocenters. The first-order valence-electron chi connectivity index (χ1n) is 13.1. The maximum Gasteiger partial charge on any atom is 0.367 e. The van der Waals surface area contributed by atoms with Crippen LogP contribution in [-0.2, 0) is 19.5 Å². The number of aromatic nitrogens is 3. The summed E-state index contributed by atoms with van der Waals surface area (Å²) in [6.07, 6.45) is 7.73. The van der Waals surface area contributed by atoms with Gasteiger partial charge >= 0.3 is 5.97 Å². The third kappa shape index (κ3) is 5.00. The minimum Gasteiger partial charge on any atom is -0.464 e. The highest BCUT2D eigenvalue weighted by Crippen LogP contribution is 2.39. The van der Waals surface area contributed by atoms with Crippen molar-refractivity contribution in [3.05, 3.63) is 64.7 Å². The minimum absolute atomic E-state index is 0.175. The lowest BCUT2D eigenvalue weighted by molar-refractivity contribution is 0.00729. The maximum absolute atomic E-state index is 13.6. The zero-order chi connectivity index (χ0) is 27.0. The van der Waals surface area contributed by atoms with Crippen LogP contribution in [0.1, 0.15) is 47.0 Å². The molecule has 1 saturated heterocycles. The van der Waals surface area contributed by atoms with Gasteiger partial charge in [0.2, 0.25) is 5.01 Å². The van der Waals surface area contributed by atoms with Crippen LogP contribution in [0.5, 0.6) is 0 Å². The number of thiazole rings is 1. The molecule has 0 radical (unpaired) electrons. The number of ether oxygens (including phenoxy) is 2. The lowest BCUT2D eigenvalue weighted by atomic mass is 9.81. The van der Waals surface area contributed by atoms with Crippen molar-refractivity contribution in [2.24, 2.45) is 0 Å². The highest BCUT2D eigenvalue weighted by atomic mass is 32.2. The Kier molecular flexibility index (Phi) is 7.23. The molecule has 204 valence electrons. The molecule has 4 heterocycles. The van der Waals surface area contributed by atoms with Gasteiger partial charge in [-0.3, -0.25) is 4.90 Å². The van der Waals surface area contributed by atoms with Crippen molar-refractivity contribution < 1.29 is 22.7 Å². The zero-order valence-electron chi connectivity index (χ0n) is 21.7. The molecule has 3 aromatic heterocycles. The number of hydrogen-bond donors (Lipinski definition) is 0. The molecule has 0 unspecified atom stereocenters. The molecular formula is C28H30N4O5S2. The predicted octanol–water partition coefficient (Wildman–Crippen LogP) is 4.54. The second kappa shape index (κ2) is 10.8. The molecule has 2 fully saturated rings. The third-order valence-electron chi connectivity index (χ3n) is 7.80. The summed E-state index contributed by atoms with van der Waals surface area (Å²) in [5, 5.41) is 2.66. The summed E-state index contributed by atoms with van der Waals surface area (Å²) in [4.78, 5) is 24.0. The first-order valence-corrected chi connectivity index (χ1v) is 15.5. The van der Waals surface area contributed by atoms with E-state index in [1.54, 1.807) is 41.9 Å². The third-order valence-corrected chi connectivity index (χ3v) is 10.3. The number of carbonyl (C=O) groups excluding carboxylic acids is 1. The number of esters is 1. The summed E-state index contributed by atoms with van der Waals surface area (Å²) < 4.78 is 38.9. The van der Waals surface area contributed by atoms with Gasteiger partial charge in [-0.05, 0) is 55.4 Å². The summed E-state index contributed by atoms with van der Waals surface area (Å²) in [6, 6.07) is 11.0. The number of hydrogen-bond acceptors (Lipinski definition) is 9. The largest absolute Gasteiger partial charge is 0.464 e. The van der Waals surface area contributed by atoms with Gasteiger partial charge in [0.05, 0.1) is 30.9 Å². The van der Waals surface area contributed by atoms with Crippen molar-refractivity contribution in [1.29, 1.82) is 0 Å². The average molecular weight is 567 g/mol. The maximum atomic E-state index is 13.6. The Morgan fingerprint density at radius 1 is 1.10 bits per heavy atom. The molecule has 1 aliphatic heterocycles. The number of methoxy groups -OCH3 is 1. The van der Waals surface area contributed by atoms with E-state index in [1.807, 2.05) is 6.20 Å². The summed E-state index contributed by atoms with van der Waals surface area (Å²) in [5.41, 5.74) is 2.57. The van der Waals surface area contributed by atoms with E-state index in [-0.39, 0.29) is 9.90 Å². The van der Waals surface area contributed by atoms with Gasteiger partial charge in [0, 0.05) is 47.9 Å². The quantitative estimate of drug-likeness (QED) is 0.314. The van der Waals surface area contributed by atoms with Gasteiger partial charge in [0.25, 0.3) is 10.0 Å². The molecule has 39 heavy (non-hydrogen) atoms. The molecule has 0 bridgehead atoms. The van der Waals surface area contributed by atoms with Crippen molar-refractivity contribution in [3.63, 3.8) is 0 Å². The fraction of sp³-hybridized carbons (Fsp3) is 0.393. The molecule has 6 rings (SSSR count). The smallest absolute Gasteiger partial charge is 0.367 e. The fourth-order valence-electron chi connectivity index (χ4n) is 5.71. The Morgan fingerprint density at radius 2 is 1.85 bits per heavy atom. The normalized spacial score (nSPS) is 20.7. The molecule has 9 nitrogen and oxygen atoms in total. The highest BCUT2D eigenvalue weighted by Gasteiger charge is 2.29. The van der Waals surface area contributed by atoms with Gasteiger partial charge in [-0.25, -0.2) is 27.2 Å². The number of fused-ring (bicyclic) bond motifs is 1. The highest BCUT2D eigenvalue weighted by molar-refractivity contribution is 7.90. The predicted molar refractivity (Wildman–Crippen MR) is 149 cm³/mol. The number of carbonyl (C=O) groups is 1. The molecule has 2 aliphatic rings. The molecule has 1 aliphatic carbocycles. The van der Waals surface area contributed by atoms with E-state index in [2.05, 4.69) is 16.0 Å². The number of benzene rings is 1. The molecule has 11 heteroatoms. The molecular weight excluding hydrogens is 536 g/mol. The van der Waals surface area contributed by atoms with Crippen LogP contribution in [0.15, 0.2) is 59.1 Å². The first kappa shape index (κ1) is 26.1. The lowest BCUT2D eigenvalue weighted by Crippen LogP contribution is -2.44. The Morgan fingerprint density at radius 3 is 2.56 bits per heavy atom. The van der Waals surface area contributed by atoms with Crippen molar-refractivity contribution in [1.82, 2.24) is 18.8 Å². The van der Waals surface area contributed by atoms with Gasteiger partial charge in [-0.1, -0.05) is 18.2 Å². The zero-order valence-corrected chi connectivity index (χ0v) is 23.3. The van der Waals surface area contributed by atoms with Gasteiger partial charge in [-0.2, -0.15) is 0 Å². The van der Waals surface area contributed by atoms with E-state index in [4.69, 9.17) is 14.5 Å². The number of rotatable bonds is 6. The van der Waals surface area contributed by atoms with Crippen molar-refractivity contribution in [2.45, 2.75) is 42.5 Å². The van der Waals surface area contributed by atoms with E-state index < -0.39 is 16.0 Å². The Bertz CT molecular complexity index is 1580. The molecule has 1 aromatic carbocycles. The second-order valence-corrected chi connectivity index (χ2v) is 12.7. The Hall–Kier alpha value is -3.12. The monoisotopic (exact) mass is 566 g/mol.